The Morgan fingerprint density at radius 3 is 2.84 bits per heavy atom. The van der Waals surface area contributed by atoms with Crippen LogP contribution in [0.1, 0.15) is 25.5 Å². The Kier molecular flexibility index (Phi) is 5.25. The molecular formula is C12H19ClN4S2. The van der Waals surface area contributed by atoms with Gasteiger partial charge in [-0.2, -0.15) is 23.5 Å². The first kappa shape index (κ1) is 15.3. The van der Waals surface area contributed by atoms with E-state index in [0.29, 0.717) is 26.6 Å². The largest absolute Gasteiger partial charge is 0.383 e. The first-order chi connectivity index (χ1) is 9.02. The fraction of sp³-hybridized carbons (Fsp3) is 0.583. The van der Waals surface area contributed by atoms with Crippen molar-refractivity contribution in [3.63, 3.8) is 0 Å². The molecule has 0 amide bonds. The third-order valence-electron chi connectivity index (χ3n) is 3.38. The van der Waals surface area contributed by atoms with Crippen molar-refractivity contribution in [2.24, 2.45) is 5.84 Å². The summed E-state index contributed by atoms with van der Waals surface area (Å²) in [6.45, 7) is 4.51. The lowest BCUT2D eigenvalue weighted by molar-refractivity contribution is 0.550. The van der Waals surface area contributed by atoms with Crippen LogP contribution >= 0.6 is 35.1 Å². The Morgan fingerprint density at radius 1 is 1.47 bits per heavy atom. The first-order valence-electron chi connectivity index (χ1n) is 6.17. The van der Waals surface area contributed by atoms with Crippen LogP contribution in [0.5, 0.6) is 0 Å². The van der Waals surface area contributed by atoms with Gasteiger partial charge in [0.1, 0.15) is 5.82 Å². The highest BCUT2D eigenvalue weighted by Crippen LogP contribution is 2.41. The van der Waals surface area contributed by atoms with Crippen molar-refractivity contribution in [3.05, 3.63) is 22.8 Å². The van der Waals surface area contributed by atoms with E-state index in [1.54, 1.807) is 6.20 Å². The lowest BCUT2D eigenvalue weighted by Gasteiger charge is -2.36. The minimum atomic E-state index is -0.0290. The van der Waals surface area contributed by atoms with Gasteiger partial charge in [0.2, 0.25) is 0 Å². The molecule has 1 saturated heterocycles. The lowest BCUT2D eigenvalue weighted by Crippen LogP contribution is -2.40. The summed E-state index contributed by atoms with van der Waals surface area (Å²) in [5.41, 5.74) is 9.72. The molecule has 1 aliphatic heterocycles. The van der Waals surface area contributed by atoms with Crippen molar-refractivity contribution in [1.29, 1.82) is 0 Å². The van der Waals surface area contributed by atoms with Gasteiger partial charge < -0.3 is 5.73 Å². The SMILES string of the molecule is CC1SCC(C(NN)c2cc(Cl)cnc2N)SC1C. The zero-order valence-electron chi connectivity index (χ0n) is 11.0. The van der Waals surface area contributed by atoms with Crippen LogP contribution in [-0.2, 0) is 0 Å². The van der Waals surface area contributed by atoms with Crippen molar-refractivity contribution < 1.29 is 0 Å². The summed E-state index contributed by atoms with van der Waals surface area (Å²) in [6.07, 6.45) is 1.56. The molecule has 4 nitrogen and oxygen atoms in total. The minimum Gasteiger partial charge on any atom is -0.383 e. The number of nitrogens with one attached hydrogen (secondary N) is 1. The van der Waals surface area contributed by atoms with Crippen LogP contribution in [0.2, 0.25) is 5.02 Å². The fourth-order valence-electron chi connectivity index (χ4n) is 2.09. The van der Waals surface area contributed by atoms with Gasteiger partial charge in [0.15, 0.2) is 0 Å². The van der Waals surface area contributed by atoms with Gasteiger partial charge in [0.05, 0.1) is 11.1 Å². The Balaban J connectivity index is 2.22. The molecule has 4 unspecified atom stereocenters. The molecule has 0 bridgehead atoms. The summed E-state index contributed by atoms with van der Waals surface area (Å²) in [5, 5.41) is 2.20. The number of hydrogen-bond donors (Lipinski definition) is 3. The highest BCUT2D eigenvalue weighted by atomic mass is 35.5. The van der Waals surface area contributed by atoms with Crippen LogP contribution in [0.25, 0.3) is 0 Å². The Bertz CT molecular complexity index is 446. The summed E-state index contributed by atoms with van der Waals surface area (Å²) in [6, 6.07) is 1.82. The molecule has 19 heavy (non-hydrogen) atoms. The number of aromatic nitrogens is 1. The molecule has 0 saturated carbocycles. The molecule has 4 atom stereocenters. The lowest BCUT2D eigenvalue weighted by atomic mass is 10.1. The summed E-state index contributed by atoms with van der Waals surface area (Å²) in [5.74, 6) is 7.26. The molecule has 0 spiro atoms. The molecule has 2 heterocycles. The zero-order valence-corrected chi connectivity index (χ0v) is 13.4. The van der Waals surface area contributed by atoms with Crippen LogP contribution in [0.3, 0.4) is 0 Å². The highest BCUT2D eigenvalue weighted by Gasteiger charge is 2.32. The monoisotopic (exact) mass is 318 g/mol. The van der Waals surface area contributed by atoms with Crippen molar-refractivity contribution in [1.82, 2.24) is 10.4 Å². The number of rotatable bonds is 3. The van der Waals surface area contributed by atoms with Crippen LogP contribution in [-0.4, -0.2) is 26.5 Å². The second-order valence-corrected chi connectivity index (χ2v) is 8.16. The summed E-state index contributed by atoms with van der Waals surface area (Å²) >= 11 is 9.93. The zero-order chi connectivity index (χ0) is 14.0. The van der Waals surface area contributed by atoms with E-state index < -0.39 is 0 Å². The number of hydrogen-bond acceptors (Lipinski definition) is 6. The molecule has 0 aromatic carbocycles. The average Bonchev–Trinajstić information content (AvgIpc) is 2.38. The highest BCUT2D eigenvalue weighted by molar-refractivity contribution is 8.07. The second-order valence-electron chi connectivity index (χ2n) is 4.69. The van der Waals surface area contributed by atoms with Gasteiger partial charge in [-0.05, 0) is 6.07 Å². The molecular weight excluding hydrogens is 300 g/mol. The molecule has 0 radical (unpaired) electrons. The van der Waals surface area contributed by atoms with E-state index >= 15 is 0 Å². The van der Waals surface area contributed by atoms with Gasteiger partial charge >= 0.3 is 0 Å². The summed E-state index contributed by atoms with van der Waals surface area (Å²) in [4.78, 5) is 4.11. The summed E-state index contributed by atoms with van der Waals surface area (Å²) in [7, 11) is 0. The van der Waals surface area contributed by atoms with Crippen LogP contribution in [0.4, 0.5) is 5.82 Å². The second kappa shape index (κ2) is 6.54. The number of nitrogens with two attached hydrogens (primary N) is 2. The molecule has 1 aromatic heterocycles. The Labute approximate surface area is 127 Å². The van der Waals surface area contributed by atoms with Gasteiger partial charge in [-0.3, -0.25) is 11.3 Å². The predicted molar refractivity (Wildman–Crippen MR) is 86.5 cm³/mol. The fourth-order valence-corrected chi connectivity index (χ4v) is 5.35. The predicted octanol–water partition coefficient (Wildman–Crippen LogP) is 2.45. The number of thioether (sulfide) groups is 2. The number of halogens is 1. The van der Waals surface area contributed by atoms with Gasteiger partial charge in [0.25, 0.3) is 0 Å². The maximum atomic E-state index is 6.01. The molecule has 1 aliphatic rings. The van der Waals surface area contributed by atoms with E-state index in [0.717, 1.165) is 11.3 Å². The topological polar surface area (TPSA) is 77.0 Å². The molecule has 106 valence electrons. The Hall–Kier alpha value is -0.140. The van der Waals surface area contributed by atoms with Gasteiger partial charge in [-0.25, -0.2) is 4.98 Å². The van der Waals surface area contributed by atoms with Crippen LogP contribution in [0.15, 0.2) is 12.3 Å². The summed E-state index contributed by atoms with van der Waals surface area (Å²) < 4.78 is 0. The van der Waals surface area contributed by atoms with E-state index in [-0.39, 0.29) is 6.04 Å². The number of pyridine rings is 1. The molecule has 0 aliphatic carbocycles. The van der Waals surface area contributed by atoms with Crippen molar-refractivity contribution in [2.75, 3.05) is 11.5 Å². The van der Waals surface area contributed by atoms with E-state index in [1.165, 1.54) is 0 Å². The number of nitrogens with zero attached hydrogens (tertiary/aromatic N) is 1. The third kappa shape index (κ3) is 3.49. The van der Waals surface area contributed by atoms with Gasteiger partial charge in [0, 0.05) is 33.3 Å². The number of nitrogen functional groups attached to an aromatic ring is 1. The standard InChI is InChI=1S/C12H19ClN4S2/c1-6-7(2)19-10(5-18-6)11(17-15)9-3-8(13)4-16-12(9)14/h3-4,6-7,10-11,17H,5,15H2,1-2H3,(H2,14,16). The maximum Gasteiger partial charge on any atom is 0.128 e. The molecule has 7 heteroatoms. The third-order valence-corrected chi connectivity index (χ3v) is 7.08. The minimum absolute atomic E-state index is 0.0290. The van der Waals surface area contributed by atoms with E-state index in [4.69, 9.17) is 23.2 Å². The van der Waals surface area contributed by atoms with Crippen LogP contribution in [0, 0.1) is 0 Å². The average molecular weight is 319 g/mol. The normalized spacial score (nSPS) is 29.2. The van der Waals surface area contributed by atoms with Gasteiger partial charge in [-0.15, -0.1) is 0 Å². The molecule has 2 rings (SSSR count). The maximum absolute atomic E-state index is 6.01. The van der Waals surface area contributed by atoms with Crippen molar-refractivity contribution in [2.45, 2.75) is 35.6 Å². The van der Waals surface area contributed by atoms with E-state index in [2.05, 4.69) is 24.3 Å². The first-order valence-corrected chi connectivity index (χ1v) is 8.54. The number of anilines is 1. The van der Waals surface area contributed by atoms with Crippen LogP contribution < -0.4 is 17.0 Å². The van der Waals surface area contributed by atoms with Crippen molar-refractivity contribution in [3.8, 4) is 0 Å². The van der Waals surface area contributed by atoms with Crippen molar-refractivity contribution >= 4 is 40.9 Å². The quantitative estimate of drug-likeness (QED) is 0.587. The molecule has 1 fully saturated rings. The Morgan fingerprint density at radius 2 is 2.21 bits per heavy atom. The molecule has 1 aromatic rings. The van der Waals surface area contributed by atoms with E-state index in [1.807, 2.05) is 29.6 Å². The van der Waals surface area contributed by atoms with E-state index in [9.17, 15) is 0 Å². The smallest absolute Gasteiger partial charge is 0.128 e. The number of hydrazine groups is 1. The molecule has 5 N–H and O–H groups in total. The van der Waals surface area contributed by atoms with Gasteiger partial charge in [-0.1, -0.05) is 25.4 Å².